The van der Waals surface area contributed by atoms with Gasteiger partial charge in [-0.15, -0.1) is 0 Å². The fourth-order valence-corrected chi connectivity index (χ4v) is 5.64. The first kappa shape index (κ1) is 24.2. The lowest BCUT2D eigenvalue weighted by Gasteiger charge is -2.32. The van der Waals surface area contributed by atoms with E-state index < -0.39 is 15.9 Å². The predicted molar refractivity (Wildman–Crippen MR) is 129 cm³/mol. The van der Waals surface area contributed by atoms with Gasteiger partial charge in [0.1, 0.15) is 5.75 Å². The number of nitrogens with one attached hydrogen (secondary N) is 1. The molecule has 0 spiro atoms. The molecule has 4 rings (SSSR count). The van der Waals surface area contributed by atoms with Crippen molar-refractivity contribution in [3.63, 3.8) is 0 Å². The summed E-state index contributed by atoms with van der Waals surface area (Å²) in [7, 11) is -0.903. The van der Waals surface area contributed by atoms with Crippen LogP contribution in [0.25, 0.3) is 0 Å². The average molecular weight is 486 g/mol. The van der Waals surface area contributed by atoms with Crippen LogP contribution in [0.4, 0.5) is 5.69 Å². The zero-order valence-corrected chi connectivity index (χ0v) is 20.6. The van der Waals surface area contributed by atoms with Gasteiger partial charge in [-0.25, -0.2) is 8.42 Å². The largest absolute Gasteiger partial charge is 0.497 e. The maximum absolute atomic E-state index is 13.1. The summed E-state index contributed by atoms with van der Waals surface area (Å²) in [6.07, 6.45) is 3.55. The Bertz CT molecular complexity index is 1190. The molecule has 9 heteroatoms. The smallest absolute Gasteiger partial charge is 0.243 e. The number of fused-ring (bicyclic) bond motifs is 1. The third-order valence-corrected chi connectivity index (χ3v) is 8.46. The van der Waals surface area contributed by atoms with Crippen LogP contribution < -0.4 is 15.0 Å². The zero-order chi connectivity index (χ0) is 24.5. The number of hydrogen-bond donors (Lipinski definition) is 1. The number of amides is 2. The Morgan fingerprint density at radius 2 is 1.94 bits per heavy atom. The van der Waals surface area contributed by atoms with Crippen molar-refractivity contribution in [1.82, 2.24) is 9.62 Å². The van der Waals surface area contributed by atoms with Crippen molar-refractivity contribution >= 4 is 27.5 Å². The van der Waals surface area contributed by atoms with E-state index in [0.29, 0.717) is 12.2 Å². The Morgan fingerprint density at radius 1 is 1.18 bits per heavy atom. The van der Waals surface area contributed by atoms with Crippen LogP contribution in [0.2, 0.25) is 0 Å². The molecule has 2 aromatic carbocycles. The quantitative estimate of drug-likeness (QED) is 0.620. The van der Waals surface area contributed by atoms with Crippen LogP contribution in [0.3, 0.4) is 0 Å². The molecule has 1 atom stereocenters. The molecule has 2 aliphatic rings. The number of sulfonamides is 1. The molecule has 0 unspecified atom stereocenters. The third kappa shape index (κ3) is 4.81. The third-order valence-electron chi connectivity index (χ3n) is 6.66. The minimum atomic E-state index is -3.87. The number of ether oxygens (including phenoxy) is 1. The van der Waals surface area contributed by atoms with Crippen LogP contribution in [0.1, 0.15) is 37.3 Å². The van der Waals surface area contributed by atoms with Crippen molar-refractivity contribution in [3.8, 4) is 5.75 Å². The number of carbonyl (C=O) groups is 2. The number of hydrogen-bond acceptors (Lipinski definition) is 5. The number of rotatable bonds is 8. The van der Waals surface area contributed by atoms with Crippen molar-refractivity contribution in [2.45, 2.75) is 50.1 Å². The number of anilines is 1. The van der Waals surface area contributed by atoms with Gasteiger partial charge in [0.2, 0.25) is 21.8 Å². The summed E-state index contributed by atoms with van der Waals surface area (Å²) in [6, 6.07) is 12.2. The lowest BCUT2D eigenvalue weighted by Crippen LogP contribution is -2.42. The fourth-order valence-electron chi connectivity index (χ4n) is 4.46. The minimum Gasteiger partial charge on any atom is -0.497 e. The normalized spacial score (nSPS) is 17.9. The number of benzene rings is 2. The topological polar surface area (TPSA) is 96.0 Å². The first-order chi connectivity index (χ1) is 16.2. The van der Waals surface area contributed by atoms with Gasteiger partial charge in [0.25, 0.3) is 0 Å². The molecule has 1 heterocycles. The first-order valence-corrected chi connectivity index (χ1v) is 13.0. The highest BCUT2D eigenvalue weighted by atomic mass is 32.2. The second-order valence-electron chi connectivity index (χ2n) is 9.07. The number of methoxy groups -OCH3 is 1. The number of carbonyl (C=O) groups excluding carboxylic acids is 2. The second kappa shape index (κ2) is 9.76. The minimum absolute atomic E-state index is 0.00109. The Morgan fingerprint density at radius 3 is 2.62 bits per heavy atom. The van der Waals surface area contributed by atoms with Crippen molar-refractivity contribution in [2.24, 2.45) is 5.92 Å². The van der Waals surface area contributed by atoms with Gasteiger partial charge in [-0.05, 0) is 67.6 Å². The molecule has 0 aromatic heterocycles. The average Bonchev–Trinajstić information content (AvgIpc) is 3.11. The van der Waals surface area contributed by atoms with Crippen molar-refractivity contribution in [2.75, 3.05) is 25.6 Å². The molecular formula is C25H31N3O5S. The van der Waals surface area contributed by atoms with Crippen LogP contribution in [0.15, 0.2) is 47.4 Å². The van der Waals surface area contributed by atoms with Crippen LogP contribution in [-0.2, 0) is 32.6 Å². The Balaban J connectivity index is 1.42. The Hall–Kier alpha value is -2.91. The predicted octanol–water partition coefficient (Wildman–Crippen LogP) is 2.71. The van der Waals surface area contributed by atoms with Gasteiger partial charge < -0.3 is 15.0 Å². The van der Waals surface area contributed by atoms with Gasteiger partial charge in [-0.3, -0.25) is 9.59 Å². The molecular weight excluding hydrogens is 454 g/mol. The van der Waals surface area contributed by atoms with E-state index in [2.05, 4.69) is 5.32 Å². The van der Waals surface area contributed by atoms with Crippen LogP contribution in [0.5, 0.6) is 5.75 Å². The van der Waals surface area contributed by atoms with E-state index >= 15 is 0 Å². The summed E-state index contributed by atoms with van der Waals surface area (Å²) in [5, 5.41) is 2.75. The molecule has 0 saturated heterocycles. The van der Waals surface area contributed by atoms with Gasteiger partial charge in [-0.1, -0.05) is 18.6 Å². The maximum atomic E-state index is 13.1. The van der Waals surface area contributed by atoms with Crippen molar-refractivity contribution in [1.29, 1.82) is 0 Å². The molecule has 0 radical (unpaired) electrons. The van der Waals surface area contributed by atoms with E-state index in [1.807, 2.05) is 36.1 Å². The summed E-state index contributed by atoms with van der Waals surface area (Å²) < 4.78 is 32.5. The summed E-state index contributed by atoms with van der Waals surface area (Å²) >= 11 is 0. The second-order valence-corrected chi connectivity index (χ2v) is 11.1. The lowest BCUT2D eigenvalue weighted by atomic mass is 9.84. The van der Waals surface area contributed by atoms with Crippen LogP contribution >= 0.6 is 0 Å². The summed E-state index contributed by atoms with van der Waals surface area (Å²) in [5.74, 6) is 0.502. The summed E-state index contributed by atoms with van der Waals surface area (Å²) in [6.45, 7) is 1.96. The monoisotopic (exact) mass is 485 g/mol. The molecule has 1 aliphatic carbocycles. The van der Waals surface area contributed by atoms with Gasteiger partial charge in [-0.2, -0.15) is 4.31 Å². The molecule has 1 aliphatic heterocycles. The van der Waals surface area contributed by atoms with E-state index in [-0.39, 0.29) is 35.9 Å². The number of nitrogens with zero attached hydrogens (tertiary/aromatic N) is 2. The molecule has 1 N–H and O–H groups in total. The highest BCUT2D eigenvalue weighted by molar-refractivity contribution is 7.89. The number of likely N-dealkylation sites (N-methyl/N-ethyl adjacent to an activating group) is 1. The molecule has 2 amide bonds. The molecule has 8 nitrogen and oxygen atoms in total. The molecule has 2 aromatic rings. The van der Waals surface area contributed by atoms with Gasteiger partial charge in [0, 0.05) is 31.2 Å². The van der Waals surface area contributed by atoms with E-state index in [4.69, 9.17) is 4.74 Å². The van der Waals surface area contributed by atoms with Gasteiger partial charge >= 0.3 is 0 Å². The SMILES string of the molecule is COc1cccc(CNC(=O)CN(C)S(=O)(=O)c2ccc3c(c2)C[C@H](C)N3C(=O)C2CCC2)c1. The van der Waals surface area contributed by atoms with Crippen LogP contribution in [0, 0.1) is 5.92 Å². The zero-order valence-electron chi connectivity index (χ0n) is 19.8. The van der Waals surface area contributed by atoms with Gasteiger partial charge in [0.15, 0.2) is 0 Å². The fraction of sp³-hybridized carbons (Fsp3) is 0.440. The molecule has 182 valence electrons. The van der Waals surface area contributed by atoms with Crippen molar-refractivity contribution < 1.29 is 22.7 Å². The van der Waals surface area contributed by atoms with Crippen molar-refractivity contribution in [3.05, 3.63) is 53.6 Å². The highest BCUT2D eigenvalue weighted by Gasteiger charge is 2.37. The standard InChI is InChI=1S/C25H31N3O5S/c1-17-12-20-14-22(10-11-23(20)28(17)25(30)19-7-5-8-19)34(31,32)27(2)16-24(29)26-15-18-6-4-9-21(13-18)33-3/h4,6,9-11,13-14,17,19H,5,7-8,12,15-16H2,1-3H3,(H,26,29)/t17-/m0/s1. The molecule has 34 heavy (non-hydrogen) atoms. The lowest BCUT2D eigenvalue weighted by molar-refractivity contribution is -0.125. The highest BCUT2D eigenvalue weighted by Crippen LogP contribution is 2.38. The van der Waals surface area contributed by atoms with Crippen LogP contribution in [-0.4, -0.2) is 51.3 Å². The van der Waals surface area contributed by atoms with E-state index in [1.165, 1.54) is 13.1 Å². The summed E-state index contributed by atoms with van der Waals surface area (Å²) in [5.41, 5.74) is 2.49. The molecule has 1 saturated carbocycles. The Kier molecular flexibility index (Phi) is 6.95. The maximum Gasteiger partial charge on any atom is 0.243 e. The van der Waals surface area contributed by atoms with Gasteiger partial charge in [0.05, 0.1) is 18.6 Å². The Labute approximate surface area is 200 Å². The van der Waals surface area contributed by atoms with E-state index in [0.717, 1.165) is 40.4 Å². The summed E-state index contributed by atoms with van der Waals surface area (Å²) in [4.78, 5) is 27.2. The molecule has 0 bridgehead atoms. The van der Waals surface area contributed by atoms with E-state index in [9.17, 15) is 18.0 Å². The van der Waals surface area contributed by atoms with E-state index in [1.54, 1.807) is 19.2 Å². The molecule has 1 fully saturated rings. The first-order valence-electron chi connectivity index (χ1n) is 11.5.